The van der Waals surface area contributed by atoms with E-state index in [1.54, 1.807) is 0 Å². The third-order valence-corrected chi connectivity index (χ3v) is 4.88. The minimum atomic E-state index is -0.155. The molecule has 118 valence electrons. The lowest BCUT2D eigenvalue weighted by Crippen LogP contribution is -2.50. The van der Waals surface area contributed by atoms with E-state index in [9.17, 15) is 5.11 Å². The summed E-state index contributed by atoms with van der Waals surface area (Å²) in [6, 6.07) is 0.745. The molecule has 2 heterocycles. The zero-order valence-electron chi connectivity index (χ0n) is 13.1. The first-order valence-electron chi connectivity index (χ1n) is 8.18. The van der Waals surface area contributed by atoms with Crippen molar-refractivity contribution in [1.29, 1.82) is 0 Å². The second-order valence-electron chi connectivity index (χ2n) is 6.70. The van der Waals surface area contributed by atoms with E-state index in [0.717, 1.165) is 45.6 Å². The summed E-state index contributed by atoms with van der Waals surface area (Å²) in [7, 11) is 0. The normalized spacial score (nSPS) is 31.1. The summed E-state index contributed by atoms with van der Waals surface area (Å²) < 4.78 is 7.69. The Hall–Kier alpha value is -0.910. The van der Waals surface area contributed by atoms with E-state index >= 15 is 0 Å². The molecule has 3 rings (SSSR count). The number of morpholine rings is 1. The maximum absolute atomic E-state index is 10.2. The Kier molecular flexibility index (Phi) is 4.62. The van der Waals surface area contributed by atoms with Crippen LogP contribution in [0.1, 0.15) is 44.7 Å². The summed E-state index contributed by atoms with van der Waals surface area (Å²) >= 11 is 0. The maximum Gasteiger partial charge on any atom is 0.0626 e. The van der Waals surface area contributed by atoms with Gasteiger partial charge in [-0.25, -0.2) is 0 Å². The van der Waals surface area contributed by atoms with Crippen molar-refractivity contribution in [3.05, 3.63) is 18.0 Å². The third-order valence-electron chi connectivity index (χ3n) is 4.88. The summed E-state index contributed by atoms with van der Waals surface area (Å²) in [4.78, 5) is 2.48. The molecule has 0 radical (unpaired) electrons. The molecule has 5 nitrogen and oxygen atoms in total. The second-order valence-corrected chi connectivity index (χ2v) is 6.70. The van der Waals surface area contributed by atoms with Crippen LogP contribution in [0.2, 0.25) is 0 Å². The Morgan fingerprint density at radius 2 is 2.29 bits per heavy atom. The van der Waals surface area contributed by atoms with Gasteiger partial charge in [0.05, 0.1) is 25.5 Å². The van der Waals surface area contributed by atoms with Gasteiger partial charge in [-0.3, -0.25) is 9.58 Å². The predicted octanol–water partition coefficient (Wildman–Crippen LogP) is 1.83. The Labute approximate surface area is 126 Å². The molecule has 1 aromatic heterocycles. The average Bonchev–Trinajstić information content (AvgIpc) is 3.09. The Morgan fingerprint density at radius 1 is 1.43 bits per heavy atom. The molecule has 1 saturated heterocycles. The Balaban J connectivity index is 1.68. The predicted molar refractivity (Wildman–Crippen MR) is 81.0 cm³/mol. The highest BCUT2D eigenvalue weighted by molar-refractivity contribution is 5.05. The van der Waals surface area contributed by atoms with Gasteiger partial charge in [0.15, 0.2) is 0 Å². The molecule has 3 atom stereocenters. The minimum absolute atomic E-state index is 0.155. The first-order valence-corrected chi connectivity index (χ1v) is 8.18. The van der Waals surface area contributed by atoms with Gasteiger partial charge in [-0.05, 0) is 26.7 Å². The first-order chi connectivity index (χ1) is 10.1. The molecule has 5 heteroatoms. The molecule has 21 heavy (non-hydrogen) atoms. The minimum Gasteiger partial charge on any atom is -0.393 e. The standard InChI is InChI=1S/C16H27N3O2/c1-12(2)19-10-13(8-17-19)9-18-6-7-21-11-15(18)14-4-3-5-16(14)20/h8,10,12,14-16,20H,3-7,9,11H2,1-2H3. The number of aliphatic hydroxyl groups is 1. The van der Waals surface area contributed by atoms with Crippen molar-refractivity contribution in [2.45, 2.75) is 57.8 Å². The van der Waals surface area contributed by atoms with E-state index in [1.165, 1.54) is 5.56 Å². The van der Waals surface area contributed by atoms with Crippen LogP contribution in [0.5, 0.6) is 0 Å². The van der Waals surface area contributed by atoms with Crippen molar-refractivity contribution in [2.75, 3.05) is 19.8 Å². The van der Waals surface area contributed by atoms with E-state index in [0.29, 0.717) is 18.0 Å². The lowest BCUT2D eigenvalue weighted by molar-refractivity contribution is -0.0536. The number of hydrogen-bond acceptors (Lipinski definition) is 4. The molecule has 0 bridgehead atoms. The van der Waals surface area contributed by atoms with Gasteiger partial charge in [0, 0.05) is 42.9 Å². The van der Waals surface area contributed by atoms with Gasteiger partial charge in [0.1, 0.15) is 0 Å². The smallest absolute Gasteiger partial charge is 0.0626 e. The highest BCUT2D eigenvalue weighted by atomic mass is 16.5. The summed E-state index contributed by atoms with van der Waals surface area (Å²) in [5, 5.41) is 14.6. The van der Waals surface area contributed by atoms with Crippen LogP contribution in [0, 0.1) is 5.92 Å². The summed E-state index contributed by atoms with van der Waals surface area (Å²) in [6.07, 6.45) is 7.16. The third kappa shape index (κ3) is 3.30. The van der Waals surface area contributed by atoms with Gasteiger partial charge < -0.3 is 9.84 Å². The lowest BCUT2D eigenvalue weighted by atomic mass is 9.94. The zero-order chi connectivity index (χ0) is 14.8. The highest BCUT2D eigenvalue weighted by Gasteiger charge is 2.37. The summed E-state index contributed by atoms with van der Waals surface area (Å²) in [6.45, 7) is 7.68. The van der Waals surface area contributed by atoms with Crippen molar-refractivity contribution in [3.63, 3.8) is 0 Å². The number of nitrogens with zero attached hydrogens (tertiary/aromatic N) is 3. The van der Waals surface area contributed by atoms with E-state index in [-0.39, 0.29) is 6.10 Å². The second kappa shape index (κ2) is 6.46. The number of hydrogen-bond donors (Lipinski definition) is 1. The van der Waals surface area contributed by atoms with Crippen molar-refractivity contribution >= 4 is 0 Å². The van der Waals surface area contributed by atoms with Gasteiger partial charge in [-0.15, -0.1) is 0 Å². The van der Waals surface area contributed by atoms with E-state index in [4.69, 9.17) is 4.74 Å². The summed E-state index contributed by atoms with van der Waals surface area (Å²) in [5.74, 6) is 0.366. The fourth-order valence-corrected chi connectivity index (χ4v) is 3.64. The first kappa shape index (κ1) is 15.0. The molecular weight excluding hydrogens is 266 g/mol. The van der Waals surface area contributed by atoms with Crippen LogP contribution >= 0.6 is 0 Å². The fraction of sp³-hybridized carbons (Fsp3) is 0.812. The quantitative estimate of drug-likeness (QED) is 0.920. The molecule has 2 aliphatic rings. The Morgan fingerprint density at radius 3 is 2.95 bits per heavy atom. The number of aliphatic hydroxyl groups excluding tert-OH is 1. The molecular formula is C16H27N3O2. The van der Waals surface area contributed by atoms with Crippen molar-refractivity contribution in [2.24, 2.45) is 5.92 Å². The number of aromatic nitrogens is 2. The lowest BCUT2D eigenvalue weighted by Gasteiger charge is -2.39. The SMILES string of the molecule is CC(C)n1cc(CN2CCOCC2C2CCCC2O)cn1. The topological polar surface area (TPSA) is 50.5 Å². The van der Waals surface area contributed by atoms with Crippen LogP contribution in [-0.4, -0.2) is 51.7 Å². The number of rotatable bonds is 4. The van der Waals surface area contributed by atoms with Crippen LogP contribution in [0.15, 0.2) is 12.4 Å². The molecule has 0 amide bonds. The Bertz CT molecular complexity index is 460. The van der Waals surface area contributed by atoms with Gasteiger partial charge in [0.25, 0.3) is 0 Å². The van der Waals surface area contributed by atoms with Crippen molar-refractivity contribution in [3.8, 4) is 0 Å². The molecule has 1 aliphatic heterocycles. The molecule has 2 fully saturated rings. The van der Waals surface area contributed by atoms with Gasteiger partial charge in [-0.1, -0.05) is 6.42 Å². The van der Waals surface area contributed by atoms with Crippen LogP contribution < -0.4 is 0 Å². The molecule has 1 N–H and O–H groups in total. The van der Waals surface area contributed by atoms with Crippen LogP contribution in [0.4, 0.5) is 0 Å². The van der Waals surface area contributed by atoms with Crippen molar-refractivity contribution in [1.82, 2.24) is 14.7 Å². The molecule has 0 aromatic carbocycles. The van der Waals surface area contributed by atoms with E-state index < -0.39 is 0 Å². The van der Waals surface area contributed by atoms with Gasteiger partial charge >= 0.3 is 0 Å². The van der Waals surface area contributed by atoms with Crippen LogP contribution in [-0.2, 0) is 11.3 Å². The number of ether oxygens (including phenoxy) is 1. The zero-order valence-corrected chi connectivity index (χ0v) is 13.1. The molecule has 0 spiro atoms. The largest absolute Gasteiger partial charge is 0.393 e. The van der Waals surface area contributed by atoms with Gasteiger partial charge in [0.2, 0.25) is 0 Å². The monoisotopic (exact) mass is 293 g/mol. The molecule has 1 saturated carbocycles. The average molecular weight is 293 g/mol. The van der Waals surface area contributed by atoms with Gasteiger partial charge in [-0.2, -0.15) is 5.10 Å². The van der Waals surface area contributed by atoms with E-state index in [1.807, 2.05) is 10.9 Å². The molecule has 1 aromatic rings. The van der Waals surface area contributed by atoms with Crippen LogP contribution in [0.3, 0.4) is 0 Å². The highest BCUT2D eigenvalue weighted by Crippen LogP contribution is 2.32. The van der Waals surface area contributed by atoms with E-state index in [2.05, 4.69) is 30.0 Å². The van der Waals surface area contributed by atoms with Crippen LogP contribution in [0.25, 0.3) is 0 Å². The molecule has 3 unspecified atom stereocenters. The summed E-state index contributed by atoms with van der Waals surface area (Å²) in [5.41, 5.74) is 1.25. The molecule has 1 aliphatic carbocycles. The van der Waals surface area contributed by atoms with Crippen molar-refractivity contribution < 1.29 is 9.84 Å². The maximum atomic E-state index is 10.2. The fourth-order valence-electron chi connectivity index (χ4n) is 3.64.